The first-order valence-electron chi connectivity index (χ1n) is 11.9. The van der Waals surface area contributed by atoms with Crippen molar-refractivity contribution in [2.45, 2.75) is 37.5 Å². The molecule has 15 heteroatoms. The molecule has 0 radical (unpaired) electrons. The summed E-state index contributed by atoms with van der Waals surface area (Å²) in [5, 5.41) is 20.7. The van der Waals surface area contributed by atoms with Crippen molar-refractivity contribution in [2.24, 2.45) is 0 Å². The lowest BCUT2D eigenvalue weighted by Crippen LogP contribution is -2.43. The first-order chi connectivity index (χ1) is 17.7. The van der Waals surface area contributed by atoms with Crippen LogP contribution in [0.2, 0.25) is 25.2 Å². The standard InChI is InChI=1S/C23H31F3N4O6SSi/c1-38(2)12-8-30(9-13-38)18-14-16(29-37(34,35)11-10-31)6-7-17(18)22(33)28-20-4-3-5-21(27-20)36-15-19(32)23(24,25)26/h3-7,14,19,29,31-32H,8-13,15H2,1-2H3,(H,27,28,33)/t19-/m1/s1. The van der Waals surface area contributed by atoms with Gasteiger partial charge < -0.3 is 25.2 Å². The van der Waals surface area contributed by atoms with E-state index in [2.05, 4.69) is 28.1 Å². The Bertz CT molecular complexity index is 1240. The predicted molar refractivity (Wildman–Crippen MR) is 140 cm³/mol. The summed E-state index contributed by atoms with van der Waals surface area (Å²) in [5.41, 5.74) is 0.998. The van der Waals surface area contributed by atoms with Crippen molar-refractivity contribution >= 4 is 41.2 Å². The van der Waals surface area contributed by atoms with Crippen LogP contribution in [-0.4, -0.2) is 81.9 Å². The lowest BCUT2D eigenvalue weighted by atomic mass is 10.1. The number of rotatable bonds is 10. The zero-order valence-corrected chi connectivity index (χ0v) is 22.8. The second-order valence-electron chi connectivity index (χ2n) is 9.71. The maximum atomic E-state index is 13.2. The Balaban J connectivity index is 1.83. The molecule has 0 bridgehead atoms. The minimum absolute atomic E-state index is 0.0138. The number of anilines is 3. The highest BCUT2D eigenvalue weighted by Crippen LogP contribution is 2.32. The van der Waals surface area contributed by atoms with E-state index in [1.807, 2.05) is 4.90 Å². The molecule has 1 saturated heterocycles. The average molecular weight is 577 g/mol. The van der Waals surface area contributed by atoms with Crippen LogP contribution in [0.4, 0.5) is 30.4 Å². The van der Waals surface area contributed by atoms with E-state index < -0.39 is 55.3 Å². The number of benzene rings is 1. The molecule has 1 atom stereocenters. The fourth-order valence-corrected chi connectivity index (χ4v) is 6.59. The van der Waals surface area contributed by atoms with Gasteiger partial charge in [-0.1, -0.05) is 19.2 Å². The number of aliphatic hydroxyl groups excluding tert-OH is 2. The number of carbonyl (C=O) groups excluding carboxylic acids is 1. The van der Waals surface area contributed by atoms with Crippen LogP contribution in [0.1, 0.15) is 10.4 Å². The molecule has 0 unspecified atom stereocenters. The van der Waals surface area contributed by atoms with Gasteiger partial charge >= 0.3 is 6.18 Å². The third-order valence-corrected chi connectivity index (χ3v) is 10.5. The number of amides is 1. The van der Waals surface area contributed by atoms with Gasteiger partial charge in [0.15, 0.2) is 6.10 Å². The highest BCUT2D eigenvalue weighted by Gasteiger charge is 2.38. The molecule has 0 spiro atoms. The third-order valence-electron chi connectivity index (χ3n) is 6.07. The highest BCUT2D eigenvalue weighted by molar-refractivity contribution is 7.92. The van der Waals surface area contributed by atoms with Crippen molar-refractivity contribution < 1.29 is 41.3 Å². The Morgan fingerprint density at radius 2 is 1.89 bits per heavy atom. The smallest absolute Gasteiger partial charge is 0.417 e. The molecule has 10 nitrogen and oxygen atoms in total. The summed E-state index contributed by atoms with van der Waals surface area (Å²) in [6.07, 6.45) is -7.52. The van der Waals surface area contributed by atoms with E-state index >= 15 is 0 Å². The third kappa shape index (κ3) is 8.31. The number of aromatic nitrogens is 1. The molecule has 1 aliphatic rings. The van der Waals surface area contributed by atoms with Crippen LogP contribution in [0.15, 0.2) is 36.4 Å². The molecule has 210 valence electrons. The fraction of sp³-hybridized carbons (Fsp3) is 0.478. The Morgan fingerprint density at radius 3 is 2.53 bits per heavy atom. The molecule has 1 aromatic heterocycles. The van der Waals surface area contributed by atoms with Crippen LogP contribution in [0, 0.1) is 0 Å². The van der Waals surface area contributed by atoms with E-state index in [4.69, 9.17) is 14.9 Å². The summed E-state index contributed by atoms with van der Waals surface area (Å²) < 4.78 is 69.2. The second-order valence-corrected chi connectivity index (χ2v) is 16.9. The van der Waals surface area contributed by atoms with Crippen LogP contribution in [-0.2, 0) is 10.0 Å². The molecule has 2 heterocycles. The van der Waals surface area contributed by atoms with Gasteiger partial charge in [0.05, 0.1) is 37.4 Å². The minimum atomic E-state index is -4.84. The van der Waals surface area contributed by atoms with Gasteiger partial charge in [-0.15, -0.1) is 0 Å². The number of sulfonamides is 1. The monoisotopic (exact) mass is 576 g/mol. The molecule has 0 aliphatic carbocycles. The molecular weight excluding hydrogens is 545 g/mol. The molecular formula is C23H31F3N4O6SSi. The number of hydrogen-bond acceptors (Lipinski definition) is 8. The molecule has 38 heavy (non-hydrogen) atoms. The van der Waals surface area contributed by atoms with Gasteiger partial charge in [0, 0.05) is 19.2 Å². The van der Waals surface area contributed by atoms with E-state index in [1.54, 1.807) is 6.07 Å². The number of carbonyl (C=O) groups is 1. The van der Waals surface area contributed by atoms with Crippen molar-refractivity contribution in [1.29, 1.82) is 0 Å². The highest BCUT2D eigenvalue weighted by atomic mass is 32.2. The Hall–Kier alpha value is -2.88. The molecule has 1 fully saturated rings. The Kier molecular flexibility index (Phi) is 9.28. The first-order valence-corrected chi connectivity index (χ1v) is 16.9. The number of alkyl halides is 3. The summed E-state index contributed by atoms with van der Waals surface area (Å²) in [7, 11) is -5.14. The number of hydrogen-bond donors (Lipinski definition) is 4. The first kappa shape index (κ1) is 29.7. The van der Waals surface area contributed by atoms with Gasteiger partial charge in [-0.25, -0.2) is 8.42 Å². The number of ether oxygens (including phenoxy) is 1. The second kappa shape index (κ2) is 11.9. The van der Waals surface area contributed by atoms with Gasteiger partial charge in [-0.3, -0.25) is 9.52 Å². The van der Waals surface area contributed by atoms with Gasteiger partial charge in [0.25, 0.3) is 5.91 Å². The zero-order valence-electron chi connectivity index (χ0n) is 21.0. The van der Waals surface area contributed by atoms with Crippen LogP contribution < -0.4 is 19.7 Å². The quantitative estimate of drug-likeness (QED) is 0.317. The van der Waals surface area contributed by atoms with E-state index in [1.165, 1.54) is 30.3 Å². The molecule has 1 aromatic carbocycles. The molecule has 1 amide bonds. The summed E-state index contributed by atoms with van der Waals surface area (Å²) in [5.74, 6) is -1.24. The Labute approximate surface area is 219 Å². The van der Waals surface area contributed by atoms with Crippen molar-refractivity contribution in [1.82, 2.24) is 4.98 Å². The molecule has 1 aliphatic heterocycles. The van der Waals surface area contributed by atoms with Gasteiger partial charge in [-0.2, -0.15) is 18.2 Å². The van der Waals surface area contributed by atoms with E-state index in [0.717, 1.165) is 12.1 Å². The van der Waals surface area contributed by atoms with Crippen molar-refractivity contribution in [3.8, 4) is 5.88 Å². The summed E-state index contributed by atoms with van der Waals surface area (Å²) in [6, 6.07) is 10.6. The Morgan fingerprint density at radius 1 is 1.21 bits per heavy atom. The van der Waals surface area contributed by atoms with E-state index in [-0.39, 0.29) is 22.9 Å². The van der Waals surface area contributed by atoms with Crippen LogP contribution >= 0.6 is 0 Å². The normalized spacial score (nSPS) is 16.6. The molecule has 3 rings (SSSR count). The topological polar surface area (TPSA) is 141 Å². The van der Waals surface area contributed by atoms with E-state index in [0.29, 0.717) is 18.8 Å². The van der Waals surface area contributed by atoms with Crippen molar-refractivity contribution in [3.05, 3.63) is 42.0 Å². The molecule has 4 N–H and O–H groups in total. The summed E-state index contributed by atoms with van der Waals surface area (Å²) in [4.78, 5) is 19.2. The lowest BCUT2D eigenvalue weighted by molar-refractivity contribution is -0.210. The fourth-order valence-electron chi connectivity index (χ4n) is 3.76. The SMILES string of the molecule is C[Si]1(C)CCN(c2cc(NS(=O)(=O)CCO)ccc2C(=O)Nc2cccc(OC[C@@H](O)C(F)(F)F)n2)CC1. The van der Waals surface area contributed by atoms with Crippen molar-refractivity contribution in [3.63, 3.8) is 0 Å². The number of nitrogens with zero attached hydrogens (tertiary/aromatic N) is 2. The van der Waals surface area contributed by atoms with Crippen LogP contribution in [0.5, 0.6) is 5.88 Å². The molecule has 2 aromatic rings. The number of halogens is 3. The summed E-state index contributed by atoms with van der Waals surface area (Å²) in [6.45, 7) is 4.35. The van der Waals surface area contributed by atoms with Gasteiger partial charge in [-0.05, 0) is 36.4 Å². The predicted octanol–water partition coefficient (Wildman–Crippen LogP) is 2.90. The number of pyridine rings is 1. The van der Waals surface area contributed by atoms with Crippen molar-refractivity contribution in [2.75, 3.05) is 47.0 Å². The largest absolute Gasteiger partial charge is 0.474 e. The zero-order chi connectivity index (χ0) is 28.1. The van der Waals surface area contributed by atoms with Crippen LogP contribution in [0.25, 0.3) is 0 Å². The number of aliphatic hydroxyl groups is 2. The maximum absolute atomic E-state index is 13.2. The van der Waals surface area contributed by atoms with Gasteiger partial charge in [0.2, 0.25) is 15.9 Å². The lowest BCUT2D eigenvalue weighted by Gasteiger charge is -2.38. The van der Waals surface area contributed by atoms with Crippen LogP contribution in [0.3, 0.4) is 0 Å². The number of nitrogens with one attached hydrogen (secondary N) is 2. The summed E-state index contributed by atoms with van der Waals surface area (Å²) >= 11 is 0. The maximum Gasteiger partial charge on any atom is 0.417 e. The van der Waals surface area contributed by atoms with Gasteiger partial charge in [0.1, 0.15) is 12.4 Å². The van der Waals surface area contributed by atoms with E-state index in [9.17, 15) is 26.4 Å². The minimum Gasteiger partial charge on any atom is -0.474 e. The average Bonchev–Trinajstić information content (AvgIpc) is 2.81. The molecule has 0 saturated carbocycles.